The number of nitrogens with one attached hydrogen (secondary N) is 1. The van der Waals surface area contributed by atoms with Crippen LogP contribution in [0.5, 0.6) is 0 Å². The van der Waals surface area contributed by atoms with Gasteiger partial charge in [0, 0.05) is 20.6 Å². The predicted octanol–water partition coefficient (Wildman–Crippen LogP) is 4.72. The van der Waals surface area contributed by atoms with Gasteiger partial charge in [-0.25, -0.2) is 0 Å². The molecule has 0 amide bonds. The van der Waals surface area contributed by atoms with Crippen LogP contribution in [0, 0.1) is 0 Å². The summed E-state index contributed by atoms with van der Waals surface area (Å²) in [5.41, 5.74) is 2.71. The summed E-state index contributed by atoms with van der Waals surface area (Å²) < 4.78 is 0.999. The summed E-state index contributed by atoms with van der Waals surface area (Å²) in [7, 11) is 0. The molecule has 3 aromatic rings. The third-order valence-electron chi connectivity index (χ3n) is 3.07. The van der Waals surface area contributed by atoms with Gasteiger partial charge in [-0.15, -0.1) is 0 Å². The average molecular weight is 362 g/mol. The van der Waals surface area contributed by atoms with Crippen molar-refractivity contribution in [2.24, 2.45) is 0 Å². The van der Waals surface area contributed by atoms with Gasteiger partial charge in [-0.05, 0) is 42.5 Å². The second-order valence-electron chi connectivity index (χ2n) is 4.51. The SMILES string of the molecule is O=C(c1ccc(Cl)cc1)c1cc(-c2ccc(Br)cc2)n[nH]1. The van der Waals surface area contributed by atoms with Crippen LogP contribution in [0.1, 0.15) is 16.1 Å². The summed E-state index contributed by atoms with van der Waals surface area (Å²) in [6.45, 7) is 0. The molecule has 3 rings (SSSR count). The van der Waals surface area contributed by atoms with E-state index in [9.17, 15) is 4.79 Å². The van der Waals surface area contributed by atoms with Crippen LogP contribution >= 0.6 is 27.5 Å². The van der Waals surface area contributed by atoms with E-state index >= 15 is 0 Å². The molecule has 3 nitrogen and oxygen atoms in total. The maximum atomic E-state index is 12.3. The molecule has 0 bridgehead atoms. The number of nitrogens with zero attached hydrogens (tertiary/aromatic N) is 1. The lowest BCUT2D eigenvalue weighted by molar-refractivity contribution is 0.103. The first-order chi connectivity index (χ1) is 10.1. The highest BCUT2D eigenvalue weighted by atomic mass is 79.9. The normalized spacial score (nSPS) is 10.6. The molecule has 0 spiro atoms. The van der Waals surface area contributed by atoms with Gasteiger partial charge in [-0.2, -0.15) is 5.10 Å². The highest BCUT2D eigenvalue weighted by Crippen LogP contribution is 2.21. The molecule has 0 radical (unpaired) electrons. The smallest absolute Gasteiger partial charge is 0.210 e. The Kier molecular flexibility index (Phi) is 3.90. The Balaban J connectivity index is 1.89. The standard InChI is InChI=1S/C16H10BrClN2O/c17-12-5-1-10(2-6-12)14-9-15(20-19-14)16(21)11-3-7-13(18)8-4-11/h1-9H,(H,19,20). The minimum absolute atomic E-state index is 0.109. The maximum absolute atomic E-state index is 12.3. The Morgan fingerprint density at radius 1 is 1.05 bits per heavy atom. The fourth-order valence-corrected chi connectivity index (χ4v) is 2.35. The molecule has 0 aliphatic heterocycles. The number of aromatic amines is 1. The van der Waals surface area contributed by atoms with E-state index in [1.54, 1.807) is 30.3 Å². The number of carbonyl (C=O) groups excluding carboxylic acids is 1. The summed E-state index contributed by atoms with van der Waals surface area (Å²) in [5, 5.41) is 7.58. The fraction of sp³-hybridized carbons (Fsp3) is 0. The largest absolute Gasteiger partial charge is 0.287 e. The number of aromatic nitrogens is 2. The number of ketones is 1. The van der Waals surface area contributed by atoms with E-state index in [0.29, 0.717) is 16.3 Å². The third kappa shape index (κ3) is 3.06. The molecule has 0 atom stereocenters. The number of carbonyl (C=O) groups is 1. The van der Waals surface area contributed by atoms with E-state index in [4.69, 9.17) is 11.6 Å². The number of benzene rings is 2. The molecule has 21 heavy (non-hydrogen) atoms. The lowest BCUT2D eigenvalue weighted by atomic mass is 10.1. The second-order valence-corrected chi connectivity index (χ2v) is 5.86. The zero-order chi connectivity index (χ0) is 14.8. The highest BCUT2D eigenvalue weighted by molar-refractivity contribution is 9.10. The summed E-state index contributed by atoms with van der Waals surface area (Å²) in [5.74, 6) is -0.109. The van der Waals surface area contributed by atoms with E-state index in [-0.39, 0.29) is 5.78 Å². The Morgan fingerprint density at radius 3 is 2.38 bits per heavy atom. The van der Waals surface area contributed by atoms with Crippen molar-refractivity contribution < 1.29 is 4.79 Å². The molecule has 0 saturated carbocycles. The van der Waals surface area contributed by atoms with E-state index < -0.39 is 0 Å². The van der Waals surface area contributed by atoms with Gasteiger partial charge in [-0.3, -0.25) is 9.89 Å². The molecule has 0 aliphatic rings. The molecular formula is C16H10BrClN2O. The summed E-state index contributed by atoms with van der Waals surface area (Å²) in [6.07, 6.45) is 0. The van der Waals surface area contributed by atoms with Gasteiger partial charge in [0.15, 0.2) is 0 Å². The van der Waals surface area contributed by atoms with Crippen molar-refractivity contribution in [3.63, 3.8) is 0 Å². The van der Waals surface area contributed by atoms with Gasteiger partial charge in [0.1, 0.15) is 5.69 Å². The number of hydrogen-bond acceptors (Lipinski definition) is 2. The van der Waals surface area contributed by atoms with Crippen molar-refractivity contribution >= 4 is 33.3 Å². The van der Waals surface area contributed by atoms with E-state index in [1.807, 2.05) is 24.3 Å². The lowest BCUT2D eigenvalue weighted by Gasteiger charge is -1.97. The first-order valence-electron chi connectivity index (χ1n) is 6.25. The van der Waals surface area contributed by atoms with Gasteiger partial charge in [-0.1, -0.05) is 39.7 Å². The molecule has 1 heterocycles. The summed E-state index contributed by atoms with van der Waals surface area (Å²) in [4.78, 5) is 12.3. The maximum Gasteiger partial charge on any atom is 0.210 e. The number of halogens is 2. The number of H-pyrrole nitrogens is 1. The van der Waals surface area contributed by atoms with Crippen molar-refractivity contribution in [3.8, 4) is 11.3 Å². The quantitative estimate of drug-likeness (QED) is 0.686. The molecule has 2 aromatic carbocycles. The summed E-state index contributed by atoms with van der Waals surface area (Å²) in [6, 6.07) is 16.3. The van der Waals surface area contributed by atoms with Gasteiger partial charge in [0.05, 0.1) is 5.69 Å². The van der Waals surface area contributed by atoms with Crippen LogP contribution in [-0.2, 0) is 0 Å². The first kappa shape index (κ1) is 14.0. The highest BCUT2D eigenvalue weighted by Gasteiger charge is 2.13. The van der Waals surface area contributed by atoms with Crippen LogP contribution in [0.15, 0.2) is 59.1 Å². The van der Waals surface area contributed by atoms with Gasteiger partial charge < -0.3 is 0 Å². The van der Waals surface area contributed by atoms with Gasteiger partial charge in [0.25, 0.3) is 0 Å². The molecule has 1 N–H and O–H groups in total. The Labute approximate surface area is 135 Å². The van der Waals surface area contributed by atoms with Crippen molar-refractivity contribution in [1.29, 1.82) is 0 Å². The lowest BCUT2D eigenvalue weighted by Crippen LogP contribution is -2.01. The van der Waals surface area contributed by atoms with Crippen LogP contribution in [0.25, 0.3) is 11.3 Å². The third-order valence-corrected chi connectivity index (χ3v) is 3.85. The molecule has 0 saturated heterocycles. The molecule has 1 aromatic heterocycles. The monoisotopic (exact) mass is 360 g/mol. The van der Waals surface area contributed by atoms with Crippen LogP contribution in [0.4, 0.5) is 0 Å². The molecule has 0 fully saturated rings. The van der Waals surface area contributed by atoms with Crippen molar-refractivity contribution in [3.05, 3.63) is 75.4 Å². The van der Waals surface area contributed by atoms with E-state index in [1.165, 1.54) is 0 Å². The van der Waals surface area contributed by atoms with Gasteiger partial charge in [0.2, 0.25) is 5.78 Å². The zero-order valence-corrected chi connectivity index (χ0v) is 13.1. The number of hydrogen-bond donors (Lipinski definition) is 1. The topological polar surface area (TPSA) is 45.8 Å². The van der Waals surface area contributed by atoms with E-state index in [2.05, 4.69) is 26.1 Å². The first-order valence-corrected chi connectivity index (χ1v) is 7.42. The Morgan fingerprint density at radius 2 is 1.71 bits per heavy atom. The molecule has 5 heteroatoms. The molecule has 0 unspecified atom stereocenters. The van der Waals surface area contributed by atoms with Crippen molar-refractivity contribution in [1.82, 2.24) is 10.2 Å². The zero-order valence-electron chi connectivity index (χ0n) is 10.8. The number of rotatable bonds is 3. The Bertz CT molecular complexity index is 779. The minimum atomic E-state index is -0.109. The fourth-order valence-electron chi connectivity index (χ4n) is 1.96. The summed E-state index contributed by atoms with van der Waals surface area (Å²) >= 11 is 9.21. The van der Waals surface area contributed by atoms with Crippen LogP contribution in [0.2, 0.25) is 5.02 Å². The van der Waals surface area contributed by atoms with Crippen LogP contribution in [0.3, 0.4) is 0 Å². The molecule has 104 valence electrons. The Hall–Kier alpha value is -1.91. The van der Waals surface area contributed by atoms with Crippen LogP contribution in [-0.4, -0.2) is 16.0 Å². The van der Waals surface area contributed by atoms with Crippen molar-refractivity contribution in [2.45, 2.75) is 0 Å². The molecule has 0 aliphatic carbocycles. The van der Waals surface area contributed by atoms with Gasteiger partial charge >= 0.3 is 0 Å². The predicted molar refractivity (Wildman–Crippen MR) is 86.6 cm³/mol. The second kappa shape index (κ2) is 5.84. The van der Waals surface area contributed by atoms with E-state index in [0.717, 1.165) is 15.7 Å². The molecular weight excluding hydrogens is 352 g/mol. The van der Waals surface area contributed by atoms with Crippen LogP contribution < -0.4 is 0 Å². The average Bonchev–Trinajstić information content (AvgIpc) is 2.98. The minimum Gasteiger partial charge on any atom is -0.287 e. The van der Waals surface area contributed by atoms with Crippen molar-refractivity contribution in [2.75, 3.05) is 0 Å².